The summed E-state index contributed by atoms with van der Waals surface area (Å²) in [6.45, 7) is 5.13. The van der Waals surface area contributed by atoms with E-state index < -0.39 is 0 Å². The number of anilines is 1. The summed E-state index contributed by atoms with van der Waals surface area (Å²) in [5, 5.41) is 9.41. The van der Waals surface area contributed by atoms with Gasteiger partial charge in [0.05, 0.1) is 6.10 Å². The van der Waals surface area contributed by atoms with E-state index in [1.807, 2.05) is 37.3 Å². The first-order chi connectivity index (χ1) is 7.09. The van der Waals surface area contributed by atoms with Crippen molar-refractivity contribution in [3.05, 3.63) is 30.3 Å². The smallest absolute Gasteiger partial charge is 0.0687 e. The Kier molecular flexibility index (Phi) is 4.59. The van der Waals surface area contributed by atoms with Crippen LogP contribution in [-0.2, 0) is 0 Å². The number of para-hydroxylation sites is 1. The maximum absolute atomic E-state index is 9.41. The fraction of sp³-hybridized carbons (Fsp3) is 0.500. The highest BCUT2D eigenvalue weighted by Crippen LogP contribution is 2.13. The lowest BCUT2D eigenvalue weighted by Crippen LogP contribution is -2.39. The highest BCUT2D eigenvalue weighted by molar-refractivity contribution is 5.46. The minimum Gasteiger partial charge on any atom is -0.392 e. The minimum atomic E-state index is -0.344. The predicted molar refractivity (Wildman–Crippen MR) is 64.0 cm³/mol. The molecule has 1 aromatic carbocycles. The van der Waals surface area contributed by atoms with E-state index in [4.69, 9.17) is 5.73 Å². The van der Waals surface area contributed by atoms with E-state index in [9.17, 15) is 5.11 Å². The van der Waals surface area contributed by atoms with Gasteiger partial charge in [0.25, 0.3) is 0 Å². The van der Waals surface area contributed by atoms with Crippen LogP contribution in [0.2, 0.25) is 0 Å². The number of hydrogen-bond acceptors (Lipinski definition) is 3. The van der Waals surface area contributed by atoms with Crippen molar-refractivity contribution in [2.75, 3.05) is 18.0 Å². The van der Waals surface area contributed by atoms with Gasteiger partial charge in [0, 0.05) is 24.8 Å². The molecule has 3 N–H and O–H groups in total. The molecule has 0 amide bonds. The van der Waals surface area contributed by atoms with Gasteiger partial charge in [-0.15, -0.1) is 0 Å². The van der Waals surface area contributed by atoms with Crippen molar-refractivity contribution in [2.45, 2.75) is 26.0 Å². The first kappa shape index (κ1) is 12.0. The van der Waals surface area contributed by atoms with Gasteiger partial charge in [-0.3, -0.25) is 0 Å². The summed E-state index contributed by atoms with van der Waals surface area (Å²) in [6.07, 6.45) is -0.344. The topological polar surface area (TPSA) is 49.5 Å². The number of nitrogens with two attached hydrogens (primary N) is 1. The Hall–Kier alpha value is -1.06. The van der Waals surface area contributed by atoms with Gasteiger partial charge in [-0.05, 0) is 26.0 Å². The number of rotatable bonds is 5. The van der Waals surface area contributed by atoms with Gasteiger partial charge in [0.15, 0.2) is 0 Å². The third kappa shape index (κ3) is 4.32. The van der Waals surface area contributed by atoms with Crippen LogP contribution in [0.25, 0.3) is 0 Å². The van der Waals surface area contributed by atoms with E-state index >= 15 is 0 Å². The molecule has 0 aliphatic heterocycles. The molecule has 84 valence electrons. The fourth-order valence-corrected chi connectivity index (χ4v) is 1.59. The second-order valence-corrected chi connectivity index (χ2v) is 4.07. The lowest BCUT2D eigenvalue weighted by molar-refractivity contribution is 0.199. The summed E-state index contributed by atoms with van der Waals surface area (Å²) < 4.78 is 0. The number of hydrogen-bond donors (Lipinski definition) is 2. The molecule has 2 unspecified atom stereocenters. The van der Waals surface area contributed by atoms with Crippen LogP contribution in [0.4, 0.5) is 5.69 Å². The zero-order valence-corrected chi connectivity index (χ0v) is 9.43. The van der Waals surface area contributed by atoms with Crippen molar-refractivity contribution in [2.24, 2.45) is 5.73 Å². The van der Waals surface area contributed by atoms with Crippen LogP contribution in [-0.4, -0.2) is 30.3 Å². The predicted octanol–water partition coefficient (Wildman–Crippen LogP) is 1.22. The van der Waals surface area contributed by atoms with E-state index in [1.165, 1.54) is 0 Å². The summed E-state index contributed by atoms with van der Waals surface area (Å²) in [7, 11) is 0. The maximum Gasteiger partial charge on any atom is 0.0687 e. The Morgan fingerprint density at radius 3 is 2.27 bits per heavy atom. The highest BCUT2D eigenvalue weighted by Gasteiger charge is 2.10. The molecule has 0 spiro atoms. The molecule has 0 saturated heterocycles. The molecule has 0 heterocycles. The highest BCUT2D eigenvalue weighted by atomic mass is 16.3. The van der Waals surface area contributed by atoms with Gasteiger partial charge in [-0.25, -0.2) is 0 Å². The third-order valence-electron chi connectivity index (χ3n) is 2.11. The molecule has 1 aromatic rings. The van der Waals surface area contributed by atoms with E-state index in [2.05, 4.69) is 4.90 Å². The summed E-state index contributed by atoms with van der Waals surface area (Å²) in [4.78, 5) is 2.11. The first-order valence-corrected chi connectivity index (χ1v) is 5.33. The van der Waals surface area contributed by atoms with Crippen molar-refractivity contribution < 1.29 is 5.11 Å². The molecule has 1 rings (SSSR count). The van der Waals surface area contributed by atoms with Crippen LogP contribution in [0.3, 0.4) is 0 Å². The van der Waals surface area contributed by atoms with Crippen LogP contribution < -0.4 is 10.6 Å². The zero-order valence-electron chi connectivity index (χ0n) is 9.43. The first-order valence-electron chi connectivity index (χ1n) is 5.33. The van der Waals surface area contributed by atoms with Gasteiger partial charge in [-0.1, -0.05) is 18.2 Å². The average molecular weight is 208 g/mol. The van der Waals surface area contributed by atoms with Crippen LogP contribution in [0.1, 0.15) is 13.8 Å². The van der Waals surface area contributed by atoms with Crippen LogP contribution >= 0.6 is 0 Å². The Labute approximate surface area is 91.5 Å². The molecule has 0 bridgehead atoms. The van der Waals surface area contributed by atoms with Crippen molar-refractivity contribution in [3.8, 4) is 0 Å². The molecular weight excluding hydrogens is 188 g/mol. The molecule has 3 heteroatoms. The zero-order chi connectivity index (χ0) is 11.3. The Morgan fingerprint density at radius 1 is 1.20 bits per heavy atom. The molecule has 0 fully saturated rings. The Bertz CT molecular complexity index is 262. The molecule has 0 aliphatic carbocycles. The molecule has 0 aromatic heterocycles. The number of aliphatic hydroxyl groups is 1. The lowest BCUT2D eigenvalue weighted by atomic mass is 10.2. The van der Waals surface area contributed by atoms with Crippen LogP contribution in [0, 0.1) is 0 Å². The van der Waals surface area contributed by atoms with Gasteiger partial charge in [0.2, 0.25) is 0 Å². The summed E-state index contributed by atoms with van der Waals surface area (Å²) in [6, 6.07) is 10.1. The SMILES string of the molecule is CC(N)CN(CC(C)O)c1ccccc1. The Balaban J connectivity index is 2.72. The van der Waals surface area contributed by atoms with Crippen molar-refractivity contribution >= 4 is 5.69 Å². The fourth-order valence-electron chi connectivity index (χ4n) is 1.59. The number of benzene rings is 1. The Morgan fingerprint density at radius 2 is 1.80 bits per heavy atom. The van der Waals surface area contributed by atoms with Gasteiger partial charge < -0.3 is 15.7 Å². The second-order valence-electron chi connectivity index (χ2n) is 4.07. The monoisotopic (exact) mass is 208 g/mol. The van der Waals surface area contributed by atoms with E-state index in [0.29, 0.717) is 6.54 Å². The van der Waals surface area contributed by atoms with Gasteiger partial charge in [0.1, 0.15) is 0 Å². The van der Waals surface area contributed by atoms with E-state index in [1.54, 1.807) is 6.92 Å². The quantitative estimate of drug-likeness (QED) is 0.765. The van der Waals surface area contributed by atoms with Crippen LogP contribution in [0.15, 0.2) is 30.3 Å². The normalized spacial score (nSPS) is 14.7. The molecule has 0 saturated carbocycles. The maximum atomic E-state index is 9.41. The van der Waals surface area contributed by atoms with Gasteiger partial charge >= 0.3 is 0 Å². The minimum absolute atomic E-state index is 0.101. The number of aliphatic hydroxyl groups excluding tert-OH is 1. The lowest BCUT2D eigenvalue weighted by Gasteiger charge is -2.27. The summed E-state index contributed by atoms with van der Waals surface area (Å²) >= 11 is 0. The standard InChI is InChI=1S/C12H20N2O/c1-10(13)8-14(9-11(2)15)12-6-4-3-5-7-12/h3-7,10-11,15H,8-9,13H2,1-2H3. The third-order valence-corrected chi connectivity index (χ3v) is 2.11. The van der Waals surface area contributed by atoms with E-state index in [-0.39, 0.29) is 12.1 Å². The van der Waals surface area contributed by atoms with Crippen molar-refractivity contribution in [1.29, 1.82) is 0 Å². The summed E-state index contributed by atoms with van der Waals surface area (Å²) in [5.41, 5.74) is 6.89. The molecule has 0 aliphatic rings. The number of nitrogens with zero attached hydrogens (tertiary/aromatic N) is 1. The van der Waals surface area contributed by atoms with Gasteiger partial charge in [-0.2, -0.15) is 0 Å². The van der Waals surface area contributed by atoms with Crippen molar-refractivity contribution in [3.63, 3.8) is 0 Å². The summed E-state index contributed by atoms with van der Waals surface area (Å²) in [5.74, 6) is 0. The molecule has 2 atom stereocenters. The molecule has 3 nitrogen and oxygen atoms in total. The van der Waals surface area contributed by atoms with E-state index in [0.717, 1.165) is 12.2 Å². The average Bonchev–Trinajstić information content (AvgIpc) is 2.17. The molecule has 15 heavy (non-hydrogen) atoms. The van der Waals surface area contributed by atoms with Crippen molar-refractivity contribution in [1.82, 2.24) is 0 Å². The second kappa shape index (κ2) is 5.73. The molecular formula is C12H20N2O. The largest absolute Gasteiger partial charge is 0.392 e. The molecule has 0 radical (unpaired) electrons. The van der Waals surface area contributed by atoms with Crippen LogP contribution in [0.5, 0.6) is 0 Å².